The van der Waals surface area contributed by atoms with E-state index in [1.165, 1.54) is 11.1 Å². The summed E-state index contributed by atoms with van der Waals surface area (Å²) in [6.07, 6.45) is 0. The summed E-state index contributed by atoms with van der Waals surface area (Å²) in [6.45, 7) is 4.31. The van der Waals surface area contributed by atoms with Crippen molar-refractivity contribution < 1.29 is 13.4 Å². The number of hydrogen-bond donors (Lipinski definition) is 0. The Bertz CT molecular complexity index is 1800. The second kappa shape index (κ2) is 7.31. The molecule has 0 radical (unpaired) electrons. The van der Waals surface area contributed by atoms with Gasteiger partial charge in [0, 0.05) is 33.7 Å². The van der Waals surface area contributed by atoms with Crippen LogP contribution in [-0.2, 0) is 7.05 Å². The molecule has 0 saturated carbocycles. The van der Waals surface area contributed by atoms with Gasteiger partial charge in [0.1, 0.15) is 29.4 Å². The van der Waals surface area contributed by atoms with Crippen LogP contribution in [0.3, 0.4) is 0 Å². The molecular weight excluding hydrogens is 430 g/mol. The minimum atomic E-state index is 0.913. The molecule has 0 aliphatic rings. The van der Waals surface area contributed by atoms with Crippen LogP contribution in [0.2, 0.25) is 0 Å². The zero-order valence-corrected chi connectivity index (χ0v) is 19.9. The Morgan fingerprint density at radius 3 is 1.43 bits per heavy atom. The first-order valence-electron chi connectivity index (χ1n) is 11.9. The largest absolute Gasteiger partial charge is 0.455 e. The normalized spacial score (nSPS) is 11.9. The van der Waals surface area contributed by atoms with Crippen molar-refractivity contribution in [3.05, 3.63) is 102 Å². The van der Waals surface area contributed by atoms with Crippen LogP contribution in [0.1, 0.15) is 11.1 Å². The molecule has 35 heavy (non-hydrogen) atoms. The minimum Gasteiger partial charge on any atom is -0.455 e. The van der Waals surface area contributed by atoms with Gasteiger partial charge < -0.3 is 8.83 Å². The molecule has 4 aromatic carbocycles. The molecule has 0 aliphatic heterocycles. The molecule has 3 heterocycles. The van der Waals surface area contributed by atoms with Crippen molar-refractivity contribution in [1.82, 2.24) is 0 Å². The Balaban J connectivity index is 1.54. The maximum Gasteiger partial charge on any atom is 0.216 e. The number of aromatic nitrogens is 1. The summed E-state index contributed by atoms with van der Waals surface area (Å²) in [7, 11) is 2.13. The van der Waals surface area contributed by atoms with Crippen LogP contribution < -0.4 is 4.57 Å². The fourth-order valence-electron chi connectivity index (χ4n) is 5.50. The maximum atomic E-state index is 6.42. The molecule has 0 fully saturated rings. The number of fused-ring (bicyclic) bond motifs is 6. The van der Waals surface area contributed by atoms with E-state index in [0.29, 0.717) is 0 Å². The van der Waals surface area contributed by atoms with Crippen molar-refractivity contribution in [3.63, 3.8) is 0 Å². The van der Waals surface area contributed by atoms with Crippen LogP contribution in [0.25, 0.3) is 66.4 Å². The third-order valence-electron chi connectivity index (χ3n) is 7.25. The number of furan rings is 2. The molecule has 0 unspecified atom stereocenters. The Morgan fingerprint density at radius 1 is 0.486 bits per heavy atom. The average Bonchev–Trinajstić information content (AvgIpc) is 3.43. The highest BCUT2D eigenvalue weighted by molar-refractivity contribution is 6.11. The number of pyridine rings is 1. The summed E-state index contributed by atoms with van der Waals surface area (Å²) in [5.41, 5.74) is 10.5. The van der Waals surface area contributed by atoms with Crippen LogP contribution in [0, 0.1) is 13.8 Å². The zero-order chi connectivity index (χ0) is 23.7. The quantitative estimate of drug-likeness (QED) is 0.246. The second-order valence-electron chi connectivity index (χ2n) is 9.32. The summed E-state index contributed by atoms with van der Waals surface area (Å²) in [4.78, 5) is 0. The highest BCUT2D eigenvalue weighted by Crippen LogP contribution is 2.39. The van der Waals surface area contributed by atoms with E-state index in [9.17, 15) is 0 Å². The maximum absolute atomic E-state index is 6.42. The predicted octanol–water partition coefficient (Wildman–Crippen LogP) is 8.26. The molecule has 3 nitrogen and oxygen atoms in total. The topological polar surface area (TPSA) is 30.2 Å². The third kappa shape index (κ3) is 2.82. The van der Waals surface area contributed by atoms with E-state index in [2.05, 4.69) is 92.2 Å². The SMILES string of the molecule is Cc1ccc2c(oc3ccccc32)c1-c1cccc(-c2c(C)ccc3c2oc2ccccc23)[n+]1C. The van der Waals surface area contributed by atoms with E-state index >= 15 is 0 Å². The van der Waals surface area contributed by atoms with Crippen molar-refractivity contribution in [1.29, 1.82) is 0 Å². The third-order valence-corrected chi connectivity index (χ3v) is 7.25. The number of rotatable bonds is 2. The highest BCUT2D eigenvalue weighted by atomic mass is 16.3. The van der Waals surface area contributed by atoms with E-state index in [4.69, 9.17) is 8.83 Å². The fraction of sp³-hybridized carbons (Fsp3) is 0.0938. The van der Waals surface area contributed by atoms with Gasteiger partial charge in [0.25, 0.3) is 0 Å². The molecular formula is C32H24NO2+. The molecule has 3 aromatic heterocycles. The Kier molecular flexibility index (Phi) is 4.19. The Morgan fingerprint density at radius 2 is 0.943 bits per heavy atom. The minimum absolute atomic E-state index is 0.913. The number of aryl methyl sites for hydroxylation is 2. The molecule has 0 atom stereocenters. The number of benzene rings is 4. The smallest absolute Gasteiger partial charge is 0.216 e. The van der Waals surface area contributed by atoms with Crippen molar-refractivity contribution in [2.24, 2.45) is 7.05 Å². The van der Waals surface area contributed by atoms with Gasteiger partial charge >= 0.3 is 0 Å². The van der Waals surface area contributed by atoms with E-state index in [0.717, 1.165) is 66.4 Å². The molecule has 168 valence electrons. The van der Waals surface area contributed by atoms with Crippen LogP contribution in [-0.4, -0.2) is 0 Å². The van der Waals surface area contributed by atoms with Crippen LogP contribution in [0.5, 0.6) is 0 Å². The van der Waals surface area contributed by atoms with Gasteiger partial charge in [-0.15, -0.1) is 0 Å². The first-order chi connectivity index (χ1) is 17.1. The average molecular weight is 455 g/mol. The van der Waals surface area contributed by atoms with Gasteiger partial charge in [0.2, 0.25) is 11.4 Å². The van der Waals surface area contributed by atoms with E-state index in [1.54, 1.807) is 0 Å². The van der Waals surface area contributed by atoms with Gasteiger partial charge in [-0.2, -0.15) is 4.57 Å². The summed E-state index contributed by atoms with van der Waals surface area (Å²) in [5.74, 6) is 0. The molecule has 3 heteroatoms. The molecule has 0 bridgehead atoms. The highest BCUT2D eigenvalue weighted by Gasteiger charge is 2.26. The summed E-state index contributed by atoms with van der Waals surface area (Å²) in [5, 5.41) is 4.57. The molecule has 0 N–H and O–H groups in total. The molecule has 7 rings (SSSR count). The lowest BCUT2D eigenvalue weighted by molar-refractivity contribution is -0.649. The molecule has 0 spiro atoms. The lowest BCUT2D eigenvalue weighted by Gasteiger charge is -2.10. The van der Waals surface area contributed by atoms with Gasteiger partial charge in [-0.05, 0) is 43.2 Å². The van der Waals surface area contributed by atoms with Crippen molar-refractivity contribution in [2.75, 3.05) is 0 Å². The van der Waals surface area contributed by atoms with Crippen molar-refractivity contribution in [3.8, 4) is 22.5 Å². The lowest BCUT2D eigenvalue weighted by Crippen LogP contribution is -2.34. The summed E-state index contributed by atoms with van der Waals surface area (Å²) >= 11 is 0. The number of para-hydroxylation sites is 2. The zero-order valence-electron chi connectivity index (χ0n) is 19.9. The van der Waals surface area contributed by atoms with Gasteiger partial charge in [0.15, 0.2) is 0 Å². The Hall–Kier alpha value is -4.37. The lowest BCUT2D eigenvalue weighted by atomic mass is 9.98. The van der Waals surface area contributed by atoms with Crippen LogP contribution in [0.4, 0.5) is 0 Å². The second-order valence-corrected chi connectivity index (χ2v) is 9.32. The molecule has 7 aromatic rings. The first kappa shape index (κ1) is 20.0. The fourth-order valence-corrected chi connectivity index (χ4v) is 5.50. The van der Waals surface area contributed by atoms with Gasteiger partial charge in [-0.1, -0.05) is 60.7 Å². The number of nitrogens with zero attached hydrogens (tertiary/aromatic N) is 1. The summed E-state index contributed by atoms with van der Waals surface area (Å²) < 4.78 is 15.1. The molecule has 0 aliphatic carbocycles. The first-order valence-corrected chi connectivity index (χ1v) is 11.9. The van der Waals surface area contributed by atoms with Gasteiger partial charge in [-0.25, -0.2) is 0 Å². The van der Waals surface area contributed by atoms with Crippen LogP contribution in [0.15, 0.2) is 99.8 Å². The van der Waals surface area contributed by atoms with Crippen molar-refractivity contribution >= 4 is 43.9 Å². The number of hydrogen-bond acceptors (Lipinski definition) is 2. The predicted molar refractivity (Wildman–Crippen MR) is 143 cm³/mol. The standard InChI is InChI=1S/C32H24NO2/c1-19-15-17-23-21-9-4-6-13-27(21)34-31(23)29(19)25-11-8-12-26(33(25)3)30-20(2)16-18-24-22-10-5-7-14-28(22)35-32(24)30/h4-18H,1-3H3/q+1. The van der Waals surface area contributed by atoms with E-state index in [-0.39, 0.29) is 0 Å². The molecule has 0 saturated heterocycles. The van der Waals surface area contributed by atoms with E-state index in [1.807, 2.05) is 24.3 Å². The monoisotopic (exact) mass is 454 g/mol. The van der Waals surface area contributed by atoms with Gasteiger partial charge in [-0.3, -0.25) is 0 Å². The van der Waals surface area contributed by atoms with E-state index < -0.39 is 0 Å². The van der Waals surface area contributed by atoms with Crippen LogP contribution >= 0.6 is 0 Å². The Labute approximate surface area is 202 Å². The summed E-state index contributed by atoms with van der Waals surface area (Å²) in [6, 6.07) is 31.7. The van der Waals surface area contributed by atoms with Crippen molar-refractivity contribution in [2.45, 2.75) is 13.8 Å². The molecule has 0 amide bonds. The van der Waals surface area contributed by atoms with Gasteiger partial charge in [0.05, 0.1) is 11.1 Å².